The normalized spacial score (nSPS) is 11.9. The maximum absolute atomic E-state index is 12.7. The van der Waals surface area contributed by atoms with E-state index < -0.39 is 23.7 Å². The molecule has 0 unspecified atom stereocenters. The van der Waals surface area contributed by atoms with Crippen molar-refractivity contribution in [2.24, 2.45) is 0 Å². The Morgan fingerprint density at radius 2 is 1.63 bits per heavy atom. The van der Waals surface area contributed by atoms with Crippen LogP contribution >= 0.6 is 0 Å². The first-order chi connectivity index (χ1) is 13.9. The van der Waals surface area contributed by atoms with Crippen LogP contribution in [0.3, 0.4) is 0 Å². The van der Waals surface area contributed by atoms with E-state index in [9.17, 15) is 22.8 Å². The van der Waals surface area contributed by atoms with Crippen molar-refractivity contribution in [2.75, 3.05) is 0 Å². The molecule has 2 N–H and O–H groups in total. The number of hydrogen-bond donors (Lipinski definition) is 2. The summed E-state index contributed by atoms with van der Waals surface area (Å²) in [6.45, 7) is 6.30. The zero-order valence-corrected chi connectivity index (χ0v) is 16.8. The molecule has 0 aromatic heterocycles. The van der Waals surface area contributed by atoms with Crippen LogP contribution in [0.1, 0.15) is 43.0 Å². The lowest BCUT2D eigenvalue weighted by atomic mass is 9.87. The molecule has 0 radical (unpaired) electrons. The molecule has 0 saturated heterocycles. The van der Waals surface area contributed by atoms with Crippen molar-refractivity contribution in [1.29, 1.82) is 0 Å². The van der Waals surface area contributed by atoms with Crippen LogP contribution in [0.2, 0.25) is 0 Å². The minimum Gasteiger partial charge on any atom is -0.443 e. The van der Waals surface area contributed by atoms with E-state index in [2.05, 4.69) is 31.6 Å². The van der Waals surface area contributed by atoms with Crippen LogP contribution in [0.25, 0.3) is 6.08 Å². The molecule has 2 aromatic carbocycles. The van der Waals surface area contributed by atoms with Crippen molar-refractivity contribution in [3.63, 3.8) is 0 Å². The quantitative estimate of drug-likeness (QED) is 0.542. The number of hydrogen-bond acceptors (Lipinski definition) is 3. The summed E-state index contributed by atoms with van der Waals surface area (Å²) in [6.07, 6.45) is -3.13. The minimum atomic E-state index is -4.47. The summed E-state index contributed by atoms with van der Waals surface area (Å²) >= 11 is 0. The highest BCUT2D eigenvalue weighted by molar-refractivity contribution is 5.92. The number of benzene rings is 2. The first kappa shape index (κ1) is 23.0. The molecule has 2 rings (SSSR count). The molecule has 0 saturated carbocycles. The smallest absolute Gasteiger partial charge is 0.426 e. The Labute approximate surface area is 172 Å². The van der Waals surface area contributed by atoms with Gasteiger partial charge in [0.05, 0.1) is 5.56 Å². The maximum Gasteiger partial charge on any atom is 0.426 e. The van der Waals surface area contributed by atoms with Gasteiger partial charge in [-0.25, -0.2) is 10.2 Å². The monoisotopic (exact) mass is 420 g/mol. The highest BCUT2D eigenvalue weighted by Gasteiger charge is 2.30. The minimum absolute atomic E-state index is 0.0165. The van der Waals surface area contributed by atoms with Gasteiger partial charge in [0.1, 0.15) is 6.61 Å². The molecule has 0 spiro atoms. The van der Waals surface area contributed by atoms with Crippen LogP contribution in [0, 0.1) is 0 Å². The first-order valence-corrected chi connectivity index (χ1v) is 9.12. The number of rotatable bonds is 4. The molecule has 0 atom stereocenters. The number of carbonyl (C=O) groups is 2. The third-order valence-electron chi connectivity index (χ3n) is 4.12. The van der Waals surface area contributed by atoms with Crippen molar-refractivity contribution in [3.05, 3.63) is 76.9 Å². The summed E-state index contributed by atoms with van der Waals surface area (Å²) in [5.41, 5.74) is 5.49. The third kappa shape index (κ3) is 7.27. The summed E-state index contributed by atoms with van der Waals surface area (Å²) in [7, 11) is 0. The zero-order valence-electron chi connectivity index (χ0n) is 16.8. The fraction of sp³-hybridized carbons (Fsp3) is 0.273. The molecule has 0 bridgehead atoms. The molecular formula is C22H23F3N2O3. The van der Waals surface area contributed by atoms with Crippen molar-refractivity contribution in [3.8, 4) is 0 Å². The zero-order chi connectivity index (χ0) is 22.4. The summed E-state index contributed by atoms with van der Waals surface area (Å²) in [4.78, 5) is 23.4. The van der Waals surface area contributed by atoms with E-state index >= 15 is 0 Å². The second kappa shape index (κ2) is 9.47. The summed E-state index contributed by atoms with van der Waals surface area (Å²) in [5.74, 6) is -0.723. The van der Waals surface area contributed by atoms with Crippen LogP contribution in [-0.4, -0.2) is 12.0 Å². The molecule has 0 fully saturated rings. The lowest BCUT2D eigenvalue weighted by Gasteiger charge is -2.19. The van der Waals surface area contributed by atoms with Gasteiger partial charge in [-0.2, -0.15) is 13.2 Å². The number of halogens is 3. The predicted molar refractivity (Wildman–Crippen MR) is 107 cm³/mol. The van der Waals surface area contributed by atoms with Gasteiger partial charge in [0.15, 0.2) is 0 Å². The Morgan fingerprint density at radius 3 is 2.23 bits per heavy atom. The molecule has 2 aromatic rings. The van der Waals surface area contributed by atoms with Crippen LogP contribution in [-0.2, 0) is 27.7 Å². The predicted octanol–water partition coefficient (Wildman–Crippen LogP) is 4.97. The van der Waals surface area contributed by atoms with Gasteiger partial charge < -0.3 is 4.74 Å². The van der Waals surface area contributed by atoms with Gasteiger partial charge >= 0.3 is 12.3 Å². The van der Waals surface area contributed by atoms with E-state index in [0.717, 1.165) is 29.3 Å². The highest BCUT2D eigenvalue weighted by Crippen LogP contribution is 2.29. The Kier molecular flexibility index (Phi) is 7.26. The van der Waals surface area contributed by atoms with Crippen molar-refractivity contribution < 1.29 is 27.5 Å². The van der Waals surface area contributed by atoms with Gasteiger partial charge in [-0.3, -0.25) is 10.2 Å². The second-order valence-corrected chi connectivity index (χ2v) is 7.59. The van der Waals surface area contributed by atoms with Gasteiger partial charge in [0, 0.05) is 6.08 Å². The Bertz CT molecular complexity index is 914. The fourth-order valence-corrected chi connectivity index (χ4v) is 2.43. The van der Waals surface area contributed by atoms with E-state index in [1.165, 1.54) is 18.2 Å². The van der Waals surface area contributed by atoms with Gasteiger partial charge in [-0.1, -0.05) is 57.2 Å². The SMILES string of the molecule is CC(C)(C)c1ccc(COC(=O)NNC(=O)/C=C/c2cccc(C(F)(F)F)c2)cc1. The van der Waals surface area contributed by atoms with Crippen LogP contribution < -0.4 is 10.9 Å². The summed E-state index contributed by atoms with van der Waals surface area (Å²) < 4.78 is 43.0. The van der Waals surface area contributed by atoms with Gasteiger partial charge in [-0.05, 0) is 40.3 Å². The average Bonchev–Trinajstić information content (AvgIpc) is 2.68. The number of nitrogens with one attached hydrogen (secondary N) is 2. The Hall–Kier alpha value is -3.29. The molecule has 2 amide bonds. The molecule has 0 heterocycles. The highest BCUT2D eigenvalue weighted by atomic mass is 19.4. The van der Waals surface area contributed by atoms with E-state index in [1.807, 2.05) is 24.3 Å². The maximum atomic E-state index is 12.7. The molecule has 5 nitrogen and oxygen atoms in total. The van der Waals surface area contributed by atoms with Crippen LogP contribution in [0.15, 0.2) is 54.6 Å². The van der Waals surface area contributed by atoms with E-state index in [-0.39, 0.29) is 17.6 Å². The van der Waals surface area contributed by atoms with Crippen molar-refractivity contribution in [2.45, 2.75) is 39.0 Å². The second-order valence-electron chi connectivity index (χ2n) is 7.59. The topological polar surface area (TPSA) is 67.4 Å². The van der Waals surface area contributed by atoms with E-state index in [1.54, 1.807) is 0 Å². The number of hydrazine groups is 1. The molecule has 0 aliphatic carbocycles. The first-order valence-electron chi connectivity index (χ1n) is 9.12. The number of alkyl halides is 3. The number of amides is 2. The lowest BCUT2D eigenvalue weighted by Crippen LogP contribution is -2.41. The summed E-state index contributed by atoms with van der Waals surface area (Å²) in [6, 6.07) is 12.1. The average molecular weight is 420 g/mol. The largest absolute Gasteiger partial charge is 0.443 e. The van der Waals surface area contributed by atoms with E-state index in [4.69, 9.17) is 4.74 Å². The Morgan fingerprint density at radius 1 is 0.967 bits per heavy atom. The molecule has 0 aliphatic heterocycles. The number of ether oxygens (including phenoxy) is 1. The van der Waals surface area contributed by atoms with Crippen molar-refractivity contribution >= 4 is 18.1 Å². The standard InChI is InChI=1S/C22H23F3N2O3/c1-21(2,3)17-10-7-16(8-11-17)14-30-20(29)27-26-19(28)12-9-15-5-4-6-18(13-15)22(23,24)25/h4-13H,14H2,1-3H3,(H,26,28)(H,27,29)/b12-9+. The number of carbonyl (C=O) groups excluding carboxylic acids is 2. The van der Waals surface area contributed by atoms with Gasteiger partial charge in [0.25, 0.3) is 5.91 Å². The fourth-order valence-electron chi connectivity index (χ4n) is 2.43. The van der Waals surface area contributed by atoms with Gasteiger partial charge in [0.2, 0.25) is 0 Å². The van der Waals surface area contributed by atoms with E-state index in [0.29, 0.717) is 0 Å². The van der Waals surface area contributed by atoms with Crippen LogP contribution in [0.5, 0.6) is 0 Å². The Balaban J connectivity index is 1.79. The molecule has 0 aliphatic rings. The molecule has 8 heteroatoms. The molecule has 160 valence electrons. The lowest BCUT2D eigenvalue weighted by molar-refractivity contribution is -0.137. The molecule has 30 heavy (non-hydrogen) atoms. The summed E-state index contributed by atoms with van der Waals surface area (Å²) in [5, 5.41) is 0. The van der Waals surface area contributed by atoms with Gasteiger partial charge in [-0.15, -0.1) is 0 Å². The van der Waals surface area contributed by atoms with Crippen molar-refractivity contribution in [1.82, 2.24) is 10.9 Å². The molecular weight excluding hydrogens is 397 g/mol. The third-order valence-corrected chi connectivity index (χ3v) is 4.12. The van der Waals surface area contributed by atoms with Crippen LogP contribution in [0.4, 0.5) is 18.0 Å².